The van der Waals surface area contributed by atoms with Gasteiger partial charge in [-0.3, -0.25) is 4.79 Å². The maximum absolute atomic E-state index is 12.3. The van der Waals surface area contributed by atoms with Gasteiger partial charge in [0, 0.05) is 11.8 Å². The van der Waals surface area contributed by atoms with Gasteiger partial charge in [-0.2, -0.15) is 0 Å². The zero-order chi connectivity index (χ0) is 11.8. The van der Waals surface area contributed by atoms with Crippen LogP contribution in [-0.2, 0) is 14.3 Å². The number of ether oxygens (including phenoxy) is 2. The summed E-state index contributed by atoms with van der Waals surface area (Å²) in [6.07, 6.45) is 3.02. The van der Waals surface area contributed by atoms with Gasteiger partial charge in [-0.05, 0) is 25.2 Å². The van der Waals surface area contributed by atoms with Crippen molar-refractivity contribution < 1.29 is 14.3 Å². The van der Waals surface area contributed by atoms with E-state index >= 15 is 0 Å². The molecule has 5 atom stereocenters. The highest BCUT2D eigenvalue weighted by Gasteiger charge is 2.78. The Labute approximate surface area is 117 Å². The van der Waals surface area contributed by atoms with E-state index in [4.69, 9.17) is 9.47 Å². The monoisotopic (exact) mass is 364 g/mol. The molecular weight excluding hydrogens is 352 g/mol. The number of hydrogen-bond acceptors (Lipinski definition) is 3. The smallest absolute Gasteiger partial charge is 0.187 e. The number of hydrogen-bond donors (Lipinski definition) is 0. The summed E-state index contributed by atoms with van der Waals surface area (Å²) in [5.74, 6) is 0.608. The molecule has 3 nitrogen and oxygen atoms in total. The van der Waals surface area contributed by atoms with E-state index in [0.29, 0.717) is 24.9 Å². The first kappa shape index (κ1) is 11.4. The third kappa shape index (κ3) is 1.10. The average Bonchev–Trinajstić information content (AvgIpc) is 2.99. The van der Waals surface area contributed by atoms with Crippen LogP contribution in [0.1, 0.15) is 19.3 Å². The van der Waals surface area contributed by atoms with Gasteiger partial charge in [0.1, 0.15) is 5.78 Å². The number of ketones is 1. The first-order chi connectivity index (χ1) is 8.10. The highest BCUT2D eigenvalue weighted by atomic mass is 79.9. The number of carbonyl (C=O) groups is 1. The second-order valence-corrected chi connectivity index (χ2v) is 8.13. The summed E-state index contributed by atoms with van der Waals surface area (Å²) in [5, 5.41) is 0. The summed E-state index contributed by atoms with van der Waals surface area (Å²) in [7, 11) is 0. The highest BCUT2D eigenvalue weighted by molar-refractivity contribution is 9.10. The molecule has 17 heavy (non-hydrogen) atoms. The Morgan fingerprint density at radius 2 is 1.94 bits per heavy atom. The fourth-order valence-electron chi connectivity index (χ4n) is 4.62. The van der Waals surface area contributed by atoms with E-state index in [1.807, 2.05) is 0 Å². The Kier molecular flexibility index (Phi) is 2.24. The molecule has 5 heteroatoms. The summed E-state index contributed by atoms with van der Waals surface area (Å²) in [5.41, 5.74) is 0. The first-order valence-electron chi connectivity index (χ1n) is 6.25. The van der Waals surface area contributed by atoms with Gasteiger partial charge in [-0.1, -0.05) is 31.9 Å². The minimum atomic E-state index is -0.509. The molecule has 0 radical (unpaired) electrons. The zero-order valence-corrected chi connectivity index (χ0v) is 12.5. The molecule has 1 spiro atoms. The van der Waals surface area contributed by atoms with Crippen LogP contribution < -0.4 is 0 Å². The van der Waals surface area contributed by atoms with Gasteiger partial charge in [0.05, 0.1) is 22.4 Å². The molecule has 0 N–H and O–H groups in total. The van der Waals surface area contributed by atoms with Gasteiger partial charge in [0.2, 0.25) is 0 Å². The van der Waals surface area contributed by atoms with Crippen molar-refractivity contribution in [1.82, 2.24) is 0 Å². The van der Waals surface area contributed by atoms with Crippen molar-refractivity contribution in [3.05, 3.63) is 0 Å². The third-order valence-electron chi connectivity index (χ3n) is 5.16. The molecular formula is C12H14Br2O3. The normalized spacial score (nSPS) is 54.8. The Morgan fingerprint density at radius 3 is 2.59 bits per heavy atom. The number of fused-ring (bicyclic) bond motifs is 3. The van der Waals surface area contributed by atoms with Crippen molar-refractivity contribution in [2.75, 3.05) is 13.2 Å². The number of carbonyl (C=O) groups excluding carboxylic acids is 1. The van der Waals surface area contributed by atoms with Crippen LogP contribution in [0.5, 0.6) is 0 Å². The summed E-state index contributed by atoms with van der Waals surface area (Å²) in [4.78, 5) is 12.3. The summed E-state index contributed by atoms with van der Waals surface area (Å²) >= 11 is 7.42. The van der Waals surface area contributed by atoms with Crippen LogP contribution >= 0.6 is 31.9 Å². The lowest BCUT2D eigenvalue weighted by molar-refractivity contribution is -0.184. The molecule has 0 aromatic rings. The van der Waals surface area contributed by atoms with Crippen LogP contribution in [0.25, 0.3) is 0 Å². The molecule has 94 valence electrons. The van der Waals surface area contributed by atoms with Crippen molar-refractivity contribution in [3.8, 4) is 0 Å². The fourth-order valence-corrected chi connectivity index (χ4v) is 6.55. The number of halogens is 2. The molecule has 4 aliphatic rings. The van der Waals surface area contributed by atoms with Crippen molar-refractivity contribution >= 4 is 37.6 Å². The van der Waals surface area contributed by atoms with Gasteiger partial charge in [-0.15, -0.1) is 0 Å². The lowest BCUT2D eigenvalue weighted by Crippen LogP contribution is -2.48. The quantitative estimate of drug-likeness (QED) is 0.617. The molecule has 3 saturated carbocycles. The maximum atomic E-state index is 12.3. The van der Waals surface area contributed by atoms with Crippen LogP contribution in [0, 0.1) is 17.8 Å². The van der Waals surface area contributed by atoms with Gasteiger partial charge < -0.3 is 9.47 Å². The van der Waals surface area contributed by atoms with E-state index in [9.17, 15) is 4.79 Å². The topological polar surface area (TPSA) is 35.5 Å². The van der Waals surface area contributed by atoms with Crippen LogP contribution in [0.4, 0.5) is 0 Å². The van der Waals surface area contributed by atoms with E-state index in [-0.39, 0.29) is 21.0 Å². The third-order valence-corrected chi connectivity index (χ3v) is 7.52. The van der Waals surface area contributed by atoms with Gasteiger partial charge in [-0.25, -0.2) is 0 Å². The minimum Gasteiger partial charge on any atom is -0.346 e. The number of alkyl halides is 2. The van der Waals surface area contributed by atoms with E-state index in [2.05, 4.69) is 31.9 Å². The SMILES string of the molecule is O=C1[C@H]2[C@H]3CC[C@](Br)([C@H]2C[C@H]1Br)C31OCCO1. The molecule has 2 bridgehead atoms. The Morgan fingerprint density at radius 1 is 1.24 bits per heavy atom. The molecule has 1 saturated heterocycles. The van der Waals surface area contributed by atoms with Crippen molar-refractivity contribution in [3.63, 3.8) is 0 Å². The molecule has 4 rings (SSSR count). The fraction of sp³-hybridized carbons (Fsp3) is 0.917. The Hall–Kier alpha value is 0.550. The first-order valence-corrected chi connectivity index (χ1v) is 7.96. The maximum Gasteiger partial charge on any atom is 0.187 e. The average molecular weight is 366 g/mol. The molecule has 0 unspecified atom stereocenters. The van der Waals surface area contributed by atoms with E-state index in [0.717, 1.165) is 19.3 Å². The second kappa shape index (κ2) is 3.35. The summed E-state index contributed by atoms with van der Waals surface area (Å²) in [6.45, 7) is 1.32. The minimum absolute atomic E-state index is 0.0359. The van der Waals surface area contributed by atoms with Crippen molar-refractivity contribution in [2.24, 2.45) is 17.8 Å². The van der Waals surface area contributed by atoms with Gasteiger partial charge in [0.25, 0.3) is 0 Å². The molecule has 0 amide bonds. The molecule has 1 aliphatic heterocycles. The van der Waals surface area contributed by atoms with Crippen LogP contribution in [-0.4, -0.2) is 33.9 Å². The predicted octanol–water partition coefficient (Wildman–Crippen LogP) is 2.26. The van der Waals surface area contributed by atoms with Gasteiger partial charge in [0.15, 0.2) is 5.79 Å². The van der Waals surface area contributed by atoms with Crippen LogP contribution in [0.3, 0.4) is 0 Å². The van der Waals surface area contributed by atoms with E-state index in [1.54, 1.807) is 0 Å². The standard InChI is InChI=1S/C12H14Br2O3/c13-8-5-7-9(10(8)15)6-1-2-11(7,14)12(6)16-3-4-17-12/h6-9H,1-5H2/t6-,7+,8-,9+,11+/m1/s1. The zero-order valence-electron chi connectivity index (χ0n) is 9.33. The number of Topliss-reactive ketones (excluding diaryl/α,β-unsaturated/α-hetero) is 1. The molecule has 4 fully saturated rings. The Balaban J connectivity index is 1.83. The second-order valence-electron chi connectivity index (χ2n) is 5.61. The molecule has 0 aromatic heterocycles. The summed E-state index contributed by atoms with van der Waals surface area (Å²) < 4.78 is 11.8. The molecule has 1 heterocycles. The lowest BCUT2D eigenvalue weighted by atomic mass is 9.81. The Bertz CT molecular complexity index is 393. The van der Waals surface area contributed by atoms with Crippen LogP contribution in [0.15, 0.2) is 0 Å². The van der Waals surface area contributed by atoms with E-state index in [1.165, 1.54) is 0 Å². The van der Waals surface area contributed by atoms with Gasteiger partial charge >= 0.3 is 0 Å². The predicted molar refractivity (Wildman–Crippen MR) is 68.3 cm³/mol. The number of rotatable bonds is 0. The highest BCUT2D eigenvalue weighted by Crippen LogP contribution is 2.71. The largest absolute Gasteiger partial charge is 0.346 e. The molecule has 3 aliphatic carbocycles. The van der Waals surface area contributed by atoms with Crippen LogP contribution in [0.2, 0.25) is 0 Å². The lowest BCUT2D eigenvalue weighted by Gasteiger charge is -2.37. The summed E-state index contributed by atoms with van der Waals surface area (Å²) in [6, 6.07) is 0. The van der Waals surface area contributed by atoms with Crippen molar-refractivity contribution in [2.45, 2.75) is 34.2 Å². The van der Waals surface area contributed by atoms with E-state index < -0.39 is 5.79 Å². The molecule has 0 aromatic carbocycles. The van der Waals surface area contributed by atoms with Crippen molar-refractivity contribution in [1.29, 1.82) is 0 Å².